The highest BCUT2D eigenvalue weighted by Gasteiger charge is 2.26. The van der Waals surface area contributed by atoms with Crippen LogP contribution in [0.1, 0.15) is 11.3 Å². The molecule has 7 nitrogen and oxygen atoms in total. The molecule has 0 amide bonds. The van der Waals surface area contributed by atoms with Gasteiger partial charge in [0.15, 0.2) is 5.70 Å². The second-order valence-corrected chi connectivity index (χ2v) is 6.65. The van der Waals surface area contributed by atoms with Crippen molar-refractivity contribution in [3.63, 3.8) is 0 Å². The average molecular weight is 439 g/mol. The van der Waals surface area contributed by atoms with E-state index in [1.807, 2.05) is 18.2 Å². The second-order valence-electron chi connectivity index (χ2n) is 5.79. The van der Waals surface area contributed by atoms with Crippen molar-refractivity contribution in [2.24, 2.45) is 4.99 Å². The van der Waals surface area contributed by atoms with Crippen LogP contribution in [-0.4, -0.2) is 16.8 Å². The third-order valence-corrected chi connectivity index (χ3v) is 4.69. The minimum atomic E-state index is -0.602. The van der Waals surface area contributed by atoms with E-state index in [0.29, 0.717) is 22.6 Å². The van der Waals surface area contributed by atoms with Gasteiger partial charge in [-0.15, -0.1) is 0 Å². The number of hydrogen-bond donors (Lipinski definition) is 0. The van der Waals surface area contributed by atoms with Gasteiger partial charge in [-0.1, -0.05) is 24.3 Å². The van der Waals surface area contributed by atoms with E-state index in [0.717, 1.165) is 4.47 Å². The molecule has 0 bridgehead atoms. The first-order chi connectivity index (χ1) is 13.5. The maximum absolute atomic E-state index is 12.1. The van der Waals surface area contributed by atoms with Gasteiger partial charge in [-0.05, 0) is 46.3 Å². The monoisotopic (exact) mass is 438 g/mol. The number of nitrogens with zero attached hydrogens (tertiary/aromatic N) is 2. The number of ether oxygens (including phenoxy) is 1. The lowest BCUT2D eigenvalue weighted by Crippen LogP contribution is -2.05. The molecule has 0 spiro atoms. The van der Waals surface area contributed by atoms with E-state index < -0.39 is 10.9 Å². The average Bonchev–Trinajstić information content (AvgIpc) is 3.29. The Morgan fingerprint density at radius 1 is 1.00 bits per heavy atom. The highest BCUT2D eigenvalue weighted by molar-refractivity contribution is 9.10. The third kappa shape index (κ3) is 3.37. The minimum Gasteiger partial charge on any atom is -0.456 e. The van der Waals surface area contributed by atoms with Crippen LogP contribution in [0.3, 0.4) is 0 Å². The largest absolute Gasteiger partial charge is 0.456 e. The second kappa shape index (κ2) is 7.24. The highest BCUT2D eigenvalue weighted by atomic mass is 79.9. The minimum absolute atomic E-state index is 0.0643. The number of carbonyl (C=O) groups excluding carboxylic acids is 1. The van der Waals surface area contributed by atoms with Crippen molar-refractivity contribution in [1.29, 1.82) is 0 Å². The molecule has 0 fully saturated rings. The van der Waals surface area contributed by atoms with Gasteiger partial charge in [-0.3, -0.25) is 10.1 Å². The summed E-state index contributed by atoms with van der Waals surface area (Å²) in [5.41, 5.74) is 1.02. The number of para-hydroxylation sites is 1. The zero-order chi connectivity index (χ0) is 19.7. The first-order valence-electron chi connectivity index (χ1n) is 8.14. The normalized spacial score (nSPS) is 14.8. The van der Waals surface area contributed by atoms with E-state index in [9.17, 15) is 14.9 Å². The van der Waals surface area contributed by atoms with Crippen LogP contribution in [-0.2, 0) is 9.53 Å². The van der Waals surface area contributed by atoms with Gasteiger partial charge in [0.05, 0.1) is 16.1 Å². The first kappa shape index (κ1) is 17.9. The van der Waals surface area contributed by atoms with Gasteiger partial charge in [0.25, 0.3) is 5.69 Å². The molecule has 28 heavy (non-hydrogen) atoms. The number of cyclic esters (lactones) is 1. The van der Waals surface area contributed by atoms with Gasteiger partial charge in [0, 0.05) is 16.6 Å². The molecule has 2 heterocycles. The molecule has 0 N–H and O–H groups in total. The van der Waals surface area contributed by atoms with Crippen LogP contribution >= 0.6 is 15.9 Å². The van der Waals surface area contributed by atoms with Gasteiger partial charge in [-0.2, -0.15) is 0 Å². The summed E-state index contributed by atoms with van der Waals surface area (Å²) in [6, 6.07) is 16.7. The van der Waals surface area contributed by atoms with Crippen LogP contribution in [0, 0.1) is 10.1 Å². The summed E-state index contributed by atoms with van der Waals surface area (Å²) in [4.78, 5) is 27.1. The smallest absolute Gasteiger partial charge is 0.363 e. The molecule has 138 valence electrons. The fraction of sp³-hybridized carbons (Fsp3) is 0. The lowest BCUT2D eigenvalue weighted by atomic mass is 10.1. The van der Waals surface area contributed by atoms with Crippen LogP contribution in [0.5, 0.6) is 0 Å². The summed E-state index contributed by atoms with van der Waals surface area (Å²) in [5.74, 6) is 0.237. The molecule has 1 aromatic heterocycles. The number of furan rings is 1. The van der Waals surface area contributed by atoms with Gasteiger partial charge in [-0.25, -0.2) is 9.79 Å². The molecule has 3 aromatic rings. The van der Waals surface area contributed by atoms with Crippen molar-refractivity contribution in [2.45, 2.75) is 0 Å². The molecular weight excluding hydrogens is 428 g/mol. The number of halogens is 1. The number of aliphatic imine (C=N–C) groups is 1. The van der Waals surface area contributed by atoms with Crippen LogP contribution in [0.4, 0.5) is 5.69 Å². The fourth-order valence-corrected chi connectivity index (χ4v) is 3.16. The molecule has 1 aliphatic heterocycles. The molecular formula is C20H11BrN2O5. The Hall–Kier alpha value is -3.52. The van der Waals surface area contributed by atoms with E-state index in [1.165, 1.54) is 12.1 Å². The zero-order valence-corrected chi connectivity index (χ0v) is 15.8. The Bertz CT molecular complexity index is 1160. The standard InChI is InChI=1S/C20H11BrN2O5/c21-15-7-3-1-5-13(15)19-22-16(20(24)28-19)11-12-9-10-18(27-12)14-6-2-4-8-17(14)23(25)26/h1-11H. The predicted octanol–water partition coefficient (Wildman–Crippen LogP) is 4.96. The number of carbonyl (C=O) groups is 1. The third-order valence-electron chi connectivity index (χ3n) is 4.00. The number of nitro benzene ring substituents is 1. The Kier molecular flexibility index (Phi) is 4.62. The molecule has 8 heteroatoms. The van der Waals surface area contributed by atoms with Gasteiger partial charge in [0.1, 0.15) is 11.5 Å². The van der Waals surface area contributed by atoms with E-state index in [4.69, 9.17) is 9.15 Å². The molecule has 0 unspecified atom stereocenters. The zero-order valence-electron chi connectivity index (χ0n) is 14.2. The van der Waals surface area contributed by atoms with Crippen molar-refractivity contribution >= 4 is 39.6 Å². The lowest BCUT2D eigenvalue weighted by Gasteiger charge is -2.01. The molecule has 1 aliphatic rings. The molecule has 0 saturated heterocycles. The molecule has 0 radical (unpaired) electrons. The number of benzene rings is 2. The Morgan fingerprint density at radius 3 is 2.46 bits per heavy atom. The van der Waals surface area contributed by atoms with Crippen LogP contribution in [0.2, 0.25) is 0 Å². The van der Waals surface area contributed by atoms with E-state index in [-0.39, 0.29) is 17.3 Å². The lowest BCUT2D eigenvalue weighted by molar-refractivity contribution is -0.384. The number of hydrogen-bond acceptors (Lipinski definition) is 6. The predicted molar refractivity (Wildman–Crippen MR) is 106 cm³/mol. The summed E-state index contributed by atoms with van der Waals surface area (Å²) in [6.45, 7) is 0. The molecule has 4 rings (SSSR count). The molecule has 0 aliphatic carbocycles. The Balaban J connectivity index is 1.67. The Labute approximate surface area is 167 Å². The quantitative estimate of drug-likeness (QED) is 0.248. The van der Waals surface area contributed by atoms with Gasteiger partial charge < -0.3 is 9.15 Å². The molecule has 2 aromatic carbocycles. The summed E-state index contributed by atoms with van der Waals surface area (Å²) in [7, 11) is 0. The highest BCUT2D eigenvalue weighted by Crippen LogP contribution is 2.32. The van der Waals surface area contributed by atoms with Crippen molar-refractivity contribution in [1.82, 2.24) is 0 Å². The number of rotatable bonds is 4. The molecule has 0 saturated carbocycles. The Morgan fingerprint density at radius 2 is 1.71 bits per heavy atom. The topological polar surface area (TPSA) is 94.9 Å². The fourth-order valence-electron chi connectivity index (χ4n) is 2.71. The SMILES string of the molecule is O=C1OC(c2ccccc2Br)=NC1=Cc1ccc(-c2ccccc2[N+](=O)[O-])o1. The van der Waals surface area contributed by atoms with E-state index in [1.54, 1.807) is 36.4 Å². The van der Waals surface area contributed by atoms with Crippen LogP contribution in [0.25, 0.3) is 17.4 Å². The van der Waals surface area contributed by atoms with Crippen LogP contribution in [0.15, 0.2) is 80.2 Å². The van der Waals surface area contributed by atoms with Gasteiger partial charge in [0.2, 0.25) is 5.90 Å². The van der Waals surface area contributed by atoms with Crippen LogP contribution < -0.4 is 0 Å². The van der Waals surface area contributed by atoms with Gasteiger partial charge >= 0.3 is 5.97 Å². The van der Waals surface area contributed by atoms with Crippen molar-refractivity contribution < 1.29 is 18.9 Å². The van der Waals surface area contributed by atoms with Crippen molar-refractivity contribution in [3.8, 4) is 11.3 Å². The summed E-state index contributed by atoms with van der Waals surface area (Å²) in [6.07, 6.45) is 1.43. The number of esters is 1. The number of nitro groups is 1. The first-order valence-corrected chi connectivity index (χ1v) is 8.93. The van der Waals surface area contributed by atoms with Crippen molar-refractivity contribution in [3.05, 3.63) is 92.3 Å². The summed E-state index contributed by atoms with van der Waals surface area (Å²) < 4.78 is 11.7. The van der Waals surface area contributed by atoms with Crippen molar-refractivity contribution in [2.75, 3.05) is 0 Å². The summed E-state index contributed by atoms with van der Waals surface area (Å²) in [5, 5.41) is 11.2. The molecule has 0 atom stereocenters. The van der Waals surface area contributed by atoms with E-state index >= 15 is 0 Å². The summed E-state index contributed by atoms with van der Waals surface area (Å²) >= 11 is 3.40. The van der Waals surface area contributed by atoms with E-state index in [2.05, 4.69) is 20.9 Å². The maximum Gasteiger partial charge on any atom is 0.363 e. The maximum atomic E-state index is 12.1.